The minimum Gasteiger partial charge on any atom is -0.465 e. The van der Waals surface area contributed by atoms with Crippen molar-refractivity contribution in [2.24, 2.45) is 0 Å². The van der Waals surface area contributed by atoms with E-state index in [1.54, 1.807) is 36.1 Å². The molecule has 1 N–H and O–H groups in total. The van der Waals surface area contributed by atoms with Crippen LogP contribution in [-0.4, -0.2) is 58.2 Å². The quantitative estimate of drug-likeness (QED) is 0.448. The maximum absolute atomic E-state index is 14.1. The van der Waals surface area contributed by atoms with E-state index in [9.17, 15) is 14.4 Å². The zero-order valence-electron chi connectivity index (χ0n) is 19.3. The monoisotopic (exact) mass is 544 g/mol. The second kappa shape index (κ2) is 9.27. The van der Waals surface area contributed by atoms with Crippen LogP contribution in [0, 0.1) is 11.3 Å². The minimum absolute atomic E-state index is 0.235. The van der Waals surface area contributed by atoms with E-state index in [1.165, 1.54) is 30.0 Å². The normalized spacial score (nSPS) is 27.0. The number of hydrogen-bond donors (Lipinski definition) is 1. The molecule has 3 atom stereocenters. The molecule has 186 valence electrons. The molecule has 0 bridgehead atoms. The Bertz CT molecular complexity index is 1280. The van der Waals surface area contributed by atoms with Gasteiger partial charge >= 0.3 is 12.0 Å². The SMILES string of the molecule is CCOC(=O)[C@@H]1CS[C@@]2(CN3C(=O)N(c4cc(Cl)cc(Cl)c4)C(=O)[C@]3(Cc3ccc(C#N)cc3)C2)N1. The van der Waals surface area contributed by atoms with Crippen LogP contribution in [-0.2, 0) is 20.7 Å². The van der Waals surface area contributed by atoms with Crippen molar-refractivity contribution in [1.29, 1.82) is 5.26 Å². The summed E-state index contributed by atoms with van der Waals surface area (Å²) in [6.07, 6.45) is 0.554. The van der Waals surface area contributed by atoms with Gasteiger partial charge in [0, 0.05) is 28.6 Å². The van der Waals surface area contributed by atoms with Crippen LogP contribution in [0.3, 0.4) is 0 Å². The molecule has 0 unspecified atom stereocenters. The Balaban J connectivity index is 1.52. The van der Waals surface area contributed by atoms with Gasteiger partial charge in [-0.1, -0.05) is 35.3 Å². The van der Waals surface area contributed by atoms with Crippen molar-refractivity contribution >= 4 is 58.6 Å². The first kappa shape index (κ1) is 24.9. The number of benzene rings is 2. The minimum atomic E-state index is -1.19. The number of thioether (sulfide) groups is 1. The molecule has 3 heterocycles. The van der Waals surface area contributed by atoms with E-state index in [-0.39, 0.29) is 31.4 Å². The summed E-state index contributed by atoms with van der Waals surface area (Å²) in [7, 11) is 0. The van der Waals surface area contributed by atoms with E-state index in [2.05, 4.69) is 11.4 Å². The van der Waals surface area contributed by atoms with Crippen molar-refractivity contribution in [3.63, 3.8) is 0 Å². The fraction of sp³-hybridized carbons (Fsp3) is 0.360. The highest BCUT2D eigenvalue weighted by Gasteiger charge is 2.67. The number of hydrogen-bond acceptors (Lipinski definition) is 7. The highest BCUT2D eigenvalue weighted by atomic mass is 35.5. The number of ether oxygens (including phenoxy) is 1. The van der Waals surface area contributed by atoms with Gasteiger partial charge in [0.05, 0.1) is 35.3 Å². The van der Waals surface area contributed by atoms with Crippen molar-refractivity contribution in [2.45, 2.75) is 36.2 Å². The predicted molar refractivity (Wildman–Crippen MR) is 137 cm³/mol. The first-order chi connectivity index (χ1) is 17.2. The van der Waals surface area contributed by atoms with Crippen molar-refractivity contribution < 1.29 is 19.1 Å². The lowest BCUT2D eigenvalue weighted by Crippen LogP contribution is -2.50. The van der Waals surface area contributed by atoms with Gasteiger partial charge in [0.1, 0.15) is 11.6 Å². The van der Waals surface area contributed by atoms with Crippen LogP contribution in [0.4, 0.5) is 10.5 Å². The Morgan fingerprint density at radius 1 is 1.22 bits per heavy atom. The van der Waals surface area contributed by atoms with Crippen molar-refractivity contribution in [3.05, 3.63) is 63.6 Å². The fourth-order valence-corrected chi connectivity index (χ4v) is 7.27. The first-order valence-electron chi connectivity index (χ1n) is 11.4. The number of carbonyl (C=O) groups excluding carboxylic acids is 3. The standard InChI is InChI=1S/C25H22Cl2N4O4S/c1-2-35-21(32)20-12-36-25(29-20)13-24(10-15-3-5-16(11-28)6-4-15)22(33)31(23(34)30(24)14-25)19-8-17(26)7-18(27)9-19/h3-9,20,29H,2,10,12-14H2,1H3/t20-,24-,25-/m0/s1. The maximum atomic E-state index is 14.1. The van der Waals surface area contributed by atoms with Crippen LogP contribution in [0.25, 0.3) is 0 Å². The summed E-state index contributed by atoms with van der Waals surface area (Å²) in [4.78, 5) is 42.3. The van der Waals surface area contributed by atoms with Crippen LogP contribution >= 0.6 is 35.0 Å². The summed E-state index contributed by atoms with van der Waals surface area (Å²) in [5.74, 6) is -0.243. The molecule has 3 saturated heterocycles. The smallest absolute Gasteiger partial charge is 0.332 e. The molecule has 3 aliphatic heterocycles. The number of esters is 1. The molecule has 0 aliphatic carbocycles. The highest BCUT2D eigenvalue weighted by molar-refractivity contribution is 8.01. The van der Waals surface area contributed by atoms with Crippen LogP contribution in [0.5, 0.6) is 0 Å². The third-order valence-corrected chi connectivity index (χ3v) is 8.63. The van der Waals surface area contributed by atoms with Crippen molar-refractivity contribution in [2.75, 3.05) is 23.8 Å². The van der Waals surface area contributed by atoms with Gasteiger partial charge in [-0.2, -0.15) is 5.26 Å². The third-order valence-electron chi connectivity index (χ3n) is 6.75. The lowest BCUT2D eigenvalue weighted by molar-refractivity contribution is -0.145. The Hall–Kier alpha value is -2.77. The van der Waals surface area contributed by atoms with E-state index in [4.69, 9.17) is 33.2 Å². The number of halogens is 2. The molecule has 5 rings (SSSR count). The average molecular weight is 545 g/mol. The molecule has 0 aromatic heterocycles. The molecular formula is C25H22Cl2N4O4S. The third kappa shape index (κ3) is 4.12. The zero-order chi connectivity index (χ0) is 25.7. The summed E-state index contributed by atoms with van der Waals surface area (Å²) < 4.78 is 5.18. The second-order valence-electron chi connectivity index (χ2n) is 9.09. The molecule has 2 aromatic carbocycles. The Labute approximate surface area is 222 Å². The van der Waals surface area contributed by atoms with Gasteiger partial charge in [-0.05, 0) is 42.8 Å². The molecule has 3 amide bonds. The van der Waals surface area contributed by atoms with Gasteiger partial charge in [-0.25, -0.2) is 9.69 Å². The van der Waals surface area contributed by atoms with E-state index in [0.29, 0.717) is 33.5 Å². The number of rotatable bonds is 5. The van der Waals surface area contributed by atoms with Crippen LogP contribution in [0.1, 0.15) is 24.5 Å². The van der Waals surface area contributed by atoms with Crippen molar-refractivity contribution in [1.82, 2.24) is 10.2 Å². The van der Waals surface area contributed by atoms with Crippen LogP contribution < -0.4 is 10.2 Å². The number of urea groups is 1. The molecule has 11 heteroatoms. The zero-order valence-corrected chi connectivity index (χ0v) is 21.6. The summed E-state index contributed by atoms with van der Waals surface area (Å²) in [6.45, 7) is 2.26. The number of carbonyl (C=O) groups is 3. The van der Waals surface area contributed by atoms with Crippen molar-refractivity contribution in [3.8, 4) is 6.07 Å². The molecule has 2 aromatic rings. The Morgan fingerprint density at radius 3 is 2.56 bits per heavy atom. The lowest BCUT2D eigenvalue weighted by Gasteiger charge is -2.29. The number of nitrogens with one attached hydrogen (secondary N) is 1. The molecule has 8 nitrogen and oxygen atoms in total. The number of anilines is 1. The Kier molecular flexibility index (Phi) is 6.41. The van der Waals surface area contributed by atoms with Gasteiger partial charge in [0.25, 0.3) is 5.91 Å². The number of nitriles is 1. The van der Waals surface area contributed by atoms with Gasteiger partial charge in [-0.15, -0.1) is 11.8 Å². The van der Waals surface area contributed by atoms with Crippen LogP contribution in [0.2, 0.25) is 10.0 Å². The van der Waals surface area contributed by atoms with Gasteiger partial charge < -0.3 is 9.64 Å². The molecule has 0 saturated carbocycles. The average Bonchev–Trinajstić information content (AvgIpc) is 3.45. The molecule has 0 radical (unpaired) electrons. The molecule has 36 heavy (non-hydrogen) atoms. The summed E-state index contributed by atoms with van der Waals surface area (Å²) in [5.41, 5.74) is 0.434. The summed E-state index contributed by atoms with van der Waals surface area (Å²) >= 11 is 13.9. The van der Waals surface area contributed by atoms with Crippen LogP contribution in [0.15, 0.2) is 42.5 Å². The van der Waals surface area contributed by atoms with E-state index < -0.39 is 22.5 Å². The van der Waals surface area contributed by atoms with Gasteiger partial charge in [0.15, 0.2) is 0 Å². The lowest BCUT2D eigenvalue weighted by atomic mass is 9.86. The van der Waals surface area contributed by atoms with E-state index in [1.807, 2.05) is 0 Å². The Morgan fingerprint density at radius 2 is 1.92 bits per heavy atom. The highest BCUT2D eigenvalue weighted by Crippen LogP contribution is 2.52. The second-order valence-corrected chi connectivity index (χ2v) is 11.4. The predicted octanol–water partition coefficient (Wildman–Crippen LogP) is 3.98. The summed E-state index contributed by atoms with van der Waals surface area (Å²) in [6, 6.07) is 12.7. The maximum Gasteiger partial charge on any atom is 0.332 e. The van der Waals surface area contributed by atoms with Gasteiger partial charge in [-0.3, -0.25) is 14.9 Å². The number of fused-ring (bicyclic) bond motifs is 1. The fourth-order valence-electron chi connectivity index (χ4n) is 5.26. The molecule has 1 spiro atoms. The molecule has 3 aliphatic rings. The first-order valence-corrected chi connectivity index (χ1v) is 13.1. The topological polar surface area (TPSA) is 103 Å². The van der Waals surface area contributed by atoms with E-state index >= 15 is 0 Å². The van der Waals surface area contributed by atoms with Gasteiger partial charge in [0.2, 0.25) is 0 Å². The number of imide groups is 1. The summed E-state index contributed by atoms with van der Waals surface area (Å²) in [5, 5.41) is 13.1. The number of nitrogens with zero attached hydrogens (tertiary/aromatic N) is 3. The van der Waals surface area contributed by atoms with E-state index in [0.717, 1.165) is 10.5 Å². The number of amides is 3. The molecular weight excluding hydrogens is 523 g/mol. The molecule has 3 fully saturated rings. The largest absolute Gasteiger partial charge is 0.465 e.